The lowest BCUT2D eigenvalue weighted by Gasteiger charge is -2.04. The normalized spacial score (nSPS) is 10.3. The van der Waals surface area contributed by atoms with E-state index in [-0.39, 0.29) is 5.91 Å². The Bertz CT molecular complexity index is 553. The molecule has 1 aromatic carbocycles. The quantitative estimate of drug-likeness (QED) is 0.896. The Morgan fingerprint density at radius 3 is 2.65 bits per heavy atom. The number of amides is 1. The Morgan fingerprint density at radius 2 is 2.06 bits per heavy atom. The third kappa shape index (κ3) is 2.86. The molecule has 1 N–H and O–H groups in total. The summed E-state index contributed by atoms with van der Waals surface area (Å²) >= 11 is 10.5. The zero-order valence-electron chi connectivity index (χ0n) is 8.83. The third-order valence-electron chi connectivity index (χ3n) is 2.07. The summed E-state index contributed by atoms with van der Waals surface area (Å²) in [5, 5.41) is 3.43. The van der Waals surface area contributed by atoms with E-state index in [2.05, 4.69) is 25.6 Å². The largest absolute Gasteiger partial charge is 0.323 e. The Hall–Kier alpha value is -0.910. The Balaban J connectivity index is 2.45. The molecule has 0 bridgehead atoms. The van der Waals surface area contributed by atoms with Gasteiger partial charge in [-0.15, -0.1) is 0 Å². The van der Waals surface area contributed by atoms with Gasteiger partial charge in [0, 0.05) is 17.5 Å². The van der Waals surface area contributed by atoms with Crippen molar-refractivity contribution >= 4 is 50.7 Å². The molecule has 1 amide bonds. The zero-order chi connectivity index (χ0) is 12.4. The van der Waals surface area contributed by atoms with Crippen molar-refractivity contribution in [2.45, 2.75) is 6.92 Å². The minimum atomic E-state index is -0.124. The number of carbonyl (C=O) groups excluding carboxylic acids is 1. The molecule has 0 saturated heterocycles. The molecular weight excluding hydrogens is 324 g/mol. The van der Waals surface area contributed by atoms with Crippen molar-refractivity contribution in [3.05, 3.63) is 33.1 Å². The number of benzene rings is 1. The second-order valence-electron chi connectivity index (χ2n) is 3.37. The summed E-state index contributed by atoms with van der Waals surface area (Å²) < 4.78 is 5.11. The molecule has 2 aromatic rings. The lowest BCUT2D eigenvalue weighted by Crippen LogP contribution is -2.06. The van der Waals surface area contributed by atoms with Crippen molar-refractivity contribution in [3.63, 3.8) is 0 Å². The predicted molar refractivity (Wildman–Crippen MR) is 74.6 cm³/mol. The minimum Gasteiger partial charge on any atom is -0.323 e. The zero-order valence-corrected chi connectivity index (χ0v) is 12.0. The van der Waals surface area contributed by atoms with Gasteiger partial charge in [0.1, 0.15) is 9.48 Å². The molecule has 0 fully saturated rings. The van der Waals surface area contributed by atoms with Crippen molar-refractivity contribution in [2.24, 2.45) is 0 Å². The lowest BCUT2D eigenvalue weighted by atomic mass is 10.1. The number of hydrogen-bond acceptors (Lipinski definition) is 3. The topological polar surface area (TPSA) is 42.0 Å². The maximum atomic E-state index is 11.1. The van der Waals surface area contributed by atoms with Gasteiger partial charge in [0.2, 0.25) is 5.91 Å². The van der Waals surface area contributed by atoms with Gasteiger partial charge in [0.05, 0.1) is 5.69 Å². The van der Waals surface area contributed by atoms with Gasteiger partial charge >= 0.3 is 0 Å². The highest BCUT2D eigenvalue weighted by molar-refractivity contribution is 9.11. The maximum absolute atomic E-state index is 11.1. The molecule has 0 aliphatic heterocycles. The molecule has 2 rings (SSSR count). The summed E-state index contributed by atoms with van der Waals surface area (Å²) in [5.41, 5.74) is 2.36. The first-order valence-electron chi connectivity index (χ1n) is 4.76. The molecule has 0 saturated carbocycles. The highest BCUT2D eigenvalue weighted by Gasteiger charge is 2.14. The van der Waals surface area contributed by atoms with E-state index in [9.17, 15) is 4.79 Å². The molecular formula is C11H8BrClN2OS. The molecule has 0 spiro atoms. The third-order valence-corrected chi connectivity index (χ3v) is 3.79. The van der Waals surface area contributed by atoms with Crippen LogP contribution in [0.5, 0.6) is 0 Å². The Morgan fingerprint density at radius 1 is 1.41 bits per heavy atom. The van der Waals surface area contributed by atoms with Crippen LogP contribution in [0.1, 0.15) is 6.92 Å². The number of hydrogen-bond donors (Lipinski definition) is 1. The number of rotatable bonds is 2. The van der Waals surface area contributed by atoms with Crippen LogP contribution in [0.25, 0.3) is 11.3 Å². The number of carbonyl (C=O) groups is 1. The van der Waals surface area contributed by atoms with Crippen LogP contribution in [-0.2, 0) is 4.79 Å². The second kappa shape index (κ2) is 5.16. The molecule has 0 radical (unpaired) electrons. The van der Waals surface area contributed by atoms with E-state index >= 15 is 0 Å². The molecule has 0 unspecified atom stereocenters. The van der Waals surface area contributed by atoms with Crippen molar-refractivity contribution in [2.75, 3.05) is 5.32 Å². The minimum absolute atomic E-state index is 0.124. The first kappa shape index (κ1) is 12.5. The Labute approximate surface area is 116 Å². The summed E-state index contributed by atoms with van der Waals surface area (Å²) in [6.45, 7) is 1.47. The van der Waals surface area contributed by atoms with Crippen LogP contribution in [0, 0.1) is 0 Å². The number of nitrogens with one attached hydrogen (secondary N) is 1. The molecule has 0 aliphatic rings. The first-order valence-corrected chi connectivity index (χ1v) is 6.71. The van der Waals surface area contributed by atoms with E-state index in [1.165, 1.54) is 18.5 Å². The SMILES string of the molecule is CC(=O)Nc1c(-c2ccc(Cl)cc2)nsc1Br. The van der Waals surface area contributed by atoms with Crippen LogP contribution in [0.4, 0.5) is 5.69 Å². The van der Waals surface area contributed by atoms with E-state index in [1.807, 2.05) is 12.1 Å². The molecule has 3 nitrogen and oxygen atoms in total. The van der Waals surface area contributed by atoms with Crippen LogP contribution in [0.3, 0.4) is 0 Å². The first-order chi connectivity index (χ1) is 8.08. The number of nitrogens with zero attached hydrogens (tertiary/aromatic N) is 1. The van der Waals surface area contributed by atoms with Gasteiger partial charge in [-0.3, -0.25) is 4.79 Å². The highest BCUT2D eigenvalue weighted by atomic mass is 79.9. The van der Waals surface area contributed by atoms with Crippen molar-refractivity contribution in [3.8, 4) is 11.3 Å². The number of anilines is 1. The maximum Gasteiger partial charge on any atom is 0.221 e. The van der Waals surface area contributed by atoms with Crippen LogP contribution in [0.15, 0.2) is 28.1 Å². The second-order valence-corrected chi connectivity index (χ2v) is 5.90. The highest BCUT2D eigenvalue weighted by Crippen LogP contribution is 2.37. The fourth-order valence-electron chi connectivity index (χ4n) is 1.36. The molecule has 88 valence electrons. The summed E-state index contributed by atoms with van der Waals surface area (Å²) in [4.78, 5) is 11.1. The van der Waals surface area contributed by atoms with E-state index in [1.54, 1.807) is 12.1 Å². The van der Waals surface area contributed by atoms with Gasteiger partial charge in [-0.2, -0.15) is 4.37 Å². The molecule has 0 atom stereocenters. The molecule has 1 aromatic heterocycles. The summed E-state index contributed by atoms with van der Waals surface area (Å²) in [7, 11) is 0. The lowest BCUT2D eigenvalue weighted by molar-refractivity contribution is -0.114. The van der Waals surface area contributed by atoms with Crippen LogP contribution in [-0.4, -0.2) is 10.3 Å². The van der Waals surface area contributed by atoms with Crippen molar-refractivity contribution in [1.82, 2.24) is 4.37 Å². The summed E-state index contributed by atoms with van der Waals surface area (Å²) in [5.74, 6) is -0.124. The molecule has 6 heteroatoms. The fourth-order valence-corrected chi connectivity index (χ4v) is 2.60. The van der Waals surface area contributed by atoms with Gasteiger partial charge in [-0.25, -0.2) is 0 Å². The monoisotopic (exact) mass is 330 g/mol. The van der Waals surface area contributed by atoms with Crippen molar-refractivity contribution < 1.29 is 4.79 Å². The number of aromatic nitrogens is 1. The average Bonchev–Trinajstić information content (AvgIpc) is 2.61. The standard InChI is InChI=1S/C11H8BrClN2OS/c1-6(16)14-10-9(15-17-11(10)12)7-2-4-8(13)5-3-7/h2-5H,1H3,(H,14,16). The smallest absolute Gasteiger partial charge is 0.221 e. The van der Waals surface area contributed by atoms with E-state index in [0.29, 0.717) is 10.7 Å². The fraction of sp³-hybridized carbons (Fsp3) is 0.0909. The van der Waals surface area contributed by atoms with Gasteiger partial charge < -0.3 is 5.32 Å². The molecule has 0 aliphatic carbocycles. The molecule has 17 heavy (non-hydrogen) atoms. The predicted octanol–water partition coefficient (Wildman–Crippen LogP) is 4.18. The van der Waals surface area contributed by atoms with Crippen LogP contribution in [0.2, 0.25) is 5.02 Å². The van der Waals surface area contributed by atoms with E-state index in [4.69, 9.17) is 11.6 Å². The van der Waals surface area contributed by atoms with Crippen LogP contribution < -0.4 is 5.32 Å². The van der Waals surface area contributed by atoms with Gasteiger partial charge in [0.15, 0.2) is 0 Å². The van der Waals surface area contributed by atoms with Crippen molar-refractivity contribution in [1.29, 1.82) is 0 Å². The summed E-state index contributed by atoms with van der Waals surface area (Å²) in [6, 6.07) is 7.33. The van der Waals surface area contributed by atoms with Crippen LogP contribution >= 0.6 is 39.1 Å². The van der Waals surface area contributed by atoms with E-state index < -0.39 is 0 Å². The average molecular weight is 332 g/mol. The van der Waals surface area contributed by atoms with Gasteiger partial charge in [0.25, 0.3) is 0 Å². The summed E-state index contributed by atoms with van der Waals surface area (Å²) in [6.07, 6.45) is 0. The van der Waals surface area contributed by atoms with Gasteiger partial charge in [-0.1, -0.05) is 23.7 Å². The Kier molecular flexibility index (Phi) is 3.81. The molecule has 1 heterocycles. The number of halogens is 2. The van der Waals surface area contributed by atoms with E-state index in [0.717, 1.165) is 15.0 Å². The van der Waals surface area contributed by atoms with Gasteiger partial charge in [-0.05, 0) is 39.6 Å².